The first kappa shape index (κ1) is 14.3. The van der Waals surface area contributed by atoms with E-state index >= 15 is 0 Å². The summed E-state index contributed by atoms with van der Waals surface area (Å²) in [7, 11) is 0. The first-order valence-corrected chi connectivity index (χ1v) is 8.26. The molecule has 0 aliphatic carbocycles. The zero-order valence-electron chi connectivity index (χ0n) is 12.4. The summed E-state index contributed by atoms with van der Waals surface area (Å²) in [6, 6.07) is 0. The maximum Gasteiger partial charge on any atom is 0.271 e. The zero-order chi connectivity index (χ0) is 14.8. The van der Waals surface area contributed by atoms with Crippen LogP contribution in [0.5, 0.6) is 0 Å². The second-order valence-corrected chi connectivity index (χ2v) is 6.71. The first-order chi connectivity index (χ1) is 10.1. The molecule has 0 aromatic carbocycles. The number of hydrogen-bond donors (Lipinski definition) is 1. The molecule has 6 heteroatoms. The van der Waals surface area contributed by atoms with E-state index in [1.807, 2.05) is 4.90 Å². The van der Waals surface area contributed by atoms with Gasteiger partial charge in [-0.1, -0.05) is 13.8 Å². The molecule has 1 atom stereocenters. The summed E-state index contributed by atoms with van der Waals surface area (Å²) < 4.78 is 0. The molecule has 0 bridgehead atoms. The van der Waals surface area contributed by atoms with Crippen LogP contribution in [-0.4, -0.2) is 38.8 Å². The van der Waals surface area contributed by atoms with Crippen LogP contribution in [0, 0.1) is 0 Å². The topological polar surface area (TPSA) is 61.9 Å². The van der Waals surface area contributed by atoms with E-state index < -0.39 is 0 Å². The summed E-state index contributed by atoms with van der Waals surface area (Å²) in [5.41, 5.74) is 1.73. The van der Waals surface area contributed by atoms with E-state index in [9.17, 15) is 4.79 Å². The number of aromatic amines is 1. The van der Waals surface area contributed by atoms with Crippen molar-refractivity contribution in [2.24, 2.45) is 0 Å². The number of nitrogens with zero attached hydrogens (tertiary/aromatic N) is 3. The van der Waals surface area contributed by atoms with Crippen LogP contribution in [0.1, 0.15) is 59.7 Å². The monoisotopic (exact) mass is 304 g/mol. The van der Waals surface area contributed by atoms with Gasteiger partial charge in [-0.3, -0.25) is 4.79 Å². The minimum absolute atomic E-state index is 0.0397. The van der Waals surface area contributed by atoms with Crippen LogP contribution in [0.4, 0.5) is 0 Å². The predicted octanol–water partition coefficient (Wildman–Crippen LogP) is 3.01. The maximum atomic E-state index is 12.4. The number of piperidine rings is 1. The van der Waals surface area contributed by atoms with Gasteiger partial charge in [0.1, 0.15) is 5.69 Å². The highest BCUT2D eigenvalue weighted by Crippen LogP contribution is 2.31. The minimum atomic E-state index is 0.0397. The summed E-state index contributed by atoms with van der Waals surface area (Å²) in [5, 5.41) is 3.32. The molecule has 1 aliphatic rings. The normalized spacial score (nSPS) is 19.2. The maximum absolute atomic E-state index is 12.4. The highest BCUT2D eigenvalue weighted by molar-refractivity contribution is 7.09. The molecular weight excluding hydrogens is 284 g/mol. The summed E-state index contributed by atoms with van der Waals surface area (Å²) >= 11 is 1.73. The number of rotatable bonds is 3. The number of likely N-dealkylation sites (tertiary alicyclic amines) is 1. The van der Waals surface area contributed by atoms with E-state index in [0.717, 1.165) is 31.6 Å². The van der Waals surface area contributed by atoms with Crippen LogP contribution < -0.4 is 0 Å². The number of nitrogens with one attached hydrogen (secondary N) is 1. The number of H-pyrrole nitrogens is 1. The molecule has 1 amide bonds. The fourth-order valence-corrected chi connectivity index (χ4v) is 3.77. The molecule has 1 fully saturated rings. The second kappa shape index (κ2) is 5.97. The molecule has 0 unspecified atom stereocenters. The highest BCUT2D eigenvalue weighted by atomic mass is 32.1. The van der Waals surface area contributed by atoms with Gasteiger partial charge in [0.05, 0.1) is 23.2 Å². The molecule has 112 valence electrons. The third-order valence-electron chi connectivity index (χ3n) is 3.92. The van der Waals surface area contributed by atoms with Crippen LogP contribution in [0.3, 0.4) is 0 Å². The van der Waals surface area contributed by atoms with E-state index in [2.05, 4.69) is 29.2 Å². The van der Waals surface area contributed by atoms with E-state index in [1.54, 1.807) is 23.9 Å². The Hall–Kier alpha value is -1.69. The molecule has 1 aliphatic heterocycles. The molecule has 0 spiro atoms. The molecule has 0 saturated carbocycles. The minimum Gasteiger partial charge on any atom is -0.341 e. The van der Waals surface area contributed by atoms with Crippen molar-refractivity contribution in [2.45, 2.75) is 38.5 Å². The third-order valence-corrected chi connectivity index (χ3v) is 4.94. The molecule has 3 heterocycles. The van der Waals surface area contributed by atoms with Gasteiger partial charge in [-0.15, -0.1) is 11.3 Å². The Labute approximate surface area is 128 Å². The van der Waals surface area contributed by atoms with Gasteiger partial charge >= 0.3 is 0 Å². The van der Waals surface area contributed by atoms with Crippen LogP contribution in [0.2, 0.25) is 0 Å². The molecule has 1 N–H and O–H groups in total. The van der Waals surface area contributed by atoms with Crippen LogP contribution in [0.15, 0.2) is 17.9 Å². The second-order valence-electron chi connectivity index (χ2n) is 5.82. The van der Waals surface area contributed by atoms with Crippen molar-refractivity contribution in [1.82, 2.24) is 19.9 Å². The summed E-state index contributed by atoms with van der Waals surface area (Å²) in [5.74, 6) is 0.863. The highest BCUT2D eigenvalue weighted by Gasteiger charge is 2.27. The van der Waals surface area contributed by atoms with Gasteiger partial charge < -0.3 is 9.88 Å². The standard InChI is InChI=1S/C15H20N4OS/c1-10(2)13-8-21-14(18-13)11-4-3-5-19(7-11)15(20)12-6-16-9-17-12/h6,8-11H,3-5,7H2,1-2H3,(H,16,17)/t11-/m0/s1. The van der Waals surface area contributed by atoms with Gasteiger partial charge in [0.25, 0.3) is 5.91 Å². The lowest BCUT2D eigenvalue weighted by molar-refractivity contribution is 0.0701. The van der Waals surface area contributed by atoms with Crippen molar-refractivity contribution in [2.75, 3.05) is 13.1 Å². The fourth-order valence-electron chi connectivity index (χ4n) is 2.66. The Bertz CT molecular complexity index is 605. The number of carbonyl (C=O) groups excluding carboxylic acids is 1. The van der Waals surface area contributed by atoms with Gasteiger partial charge in [0, 0.05) is 24.4 Å². The van der Waals surface area contributed by atoms with Crippen LogP contribution >= 0.6 is 11.3 Å². The molecular formula is C15H20N4OS. The molecule has 3 rings (SSSR count). The van der Waals surface area contributed by atoms with Crippen LogP contribution in [-0.2, 0) is 0 Å². The Kier molecular flexibility index (Phi) is 4.05. The molecule has 1 saturated heterocycles. The third kappa shape index (κ3) is 3.00. The Morgan fingerprint density at radius 1 is 1.52 bits per heavy atom. The zero-order valence-corrected chi connectivity index (χ0v) is 13.2. The van der Waals surface area contributed by atoms with Crippen molar-refractivity contribution in [3.63, 3.8) is 0 Å². The lowest BCUT2D eigenvalue weighted by Gasteiger charge is -2.31. The average molecular weight is 304 g/mol. The number of amides is 1. The Morgan fingerprint density at radius 2 is 2.38 bits per heavy atom. The lowest BCUT2D eigenvalue weighted by Crippen LogP contribution is -2.39. The van der Waals surface area contributed by atoms with Gasteiger partial charge in [-0.2, -0.15) is 0 Å². The van der Waals surface area contributed by atoms with Crippen molar-refractivity contribution in [1.29, 1.82) is 0 Å². The summed E-state index contributed by atoms with van der Waals surface area (Å²) in [6.07, 6.45) is 5.27. The van der Waals surface area contributed by atoms with Crippen molar-refractivity contribution >= 4 is 17.2 Å². The number of carbonyl (C=O) groups is 1. The number of aromatic nitrogens is 3. The van der Waals surface area contributed by atoms with Crippen molar-refractivity contribution in [3.05, 3.63) is 34.3 Å². The SMILES string of the molecule is CC(C)c1csc([C@H]2CCCN(C(=O)c3cnc[nH]3)C2)n1. The largest absolute Gasteiger partial charge is 0.341 e. The number of hydrogen-bond acceptors (Lipinski definition) is 4. The van der Waals surface area contributed by atoms with Crippen LogP contribution in [0.25, 0.3) is 0 Å². The van der Waals surface area contributed by atoms with Gasteiger partial charge in [0.2, 0.25) is 0 Å². The molecule has 0 radical (unpaired) electrons. The average Bonchev–Trinajstić information content (AvgIpc) is 3.18. The molecule has 21 heavy (non-hydrogen) atoms. The van der Waals surface area contributed by atoms with E-state index in [4.69, 9.17) is 4.98 Å². The van der Waals surface area contributed by atoms with E-state index in [-0.39, 0.29) is 5.91 Å². The Morgan fingerprint density at radius 3 is 3.05 bits per heavy atom. The van der Waals surface area contributed by atoms with Gasteiger partial charge in [0.15, 0.2) is 0 Å². The number of thiazole rings is 1. The molecule has 5 nitrogen and oxygen atoms in total. The Balaban J connectivity index is 1.72. The lowest BCUT2D eigenvalue weighted by atomic mass is 9.98. The first-order valence-electron chi connectivity index (χ1n) is 7.38. The van der Waals surface area contributed by atoms with E-state index in [1.165, 1.54) is 5.01 Å². The fraction of sp³-hybridized carbons (Fsp3) is 0.533. The van der Waals surface area contributed by atoms with Crippen molar-refractivity contribution < 1.29 is 4.79 Å². The predicted molar refractivity (Wildman–Crippen MR) is 82.7 cm³/mol. The summed E-state index contributed by atoms with van der Waals surface area (Å²) in [4.78, 5) is 25.9. The number of imidazole rings is 1. The van der Waals surface area contributed by atoms with Gasteiger partial charge in [-0.25, -0.2) is 9.97 Å². The van der Waals surface area contributed by atoms with E-state index in [0.29, 0.717) is 17.5 Å². The van der Waals surface area contributed by atoms with Crippen molar-refractivity contribution in [3.8, 4) is 0 Å². The summed E-state index contributed by atoms with van der Waals surface area (Å²) in [6.45, 7) is 5.89. The van der Waals surface area contributed by atoms with Gasteiger partial charge in [-0.05, 0) is 18.8 Å². The molecule has 2 aromatic heterocycles. The smallest absolute Gasteiger partial charge is 0.271 e. The molecule has 2 aromatic rings. The quantitative estimate of drug-likeness (QED) is 0.948.